The Balaban J connectivity index is 1.54. The van der Waals surface area contributed by atoms with Gasteiger partial charge in [-0.15, -0.1) is 11.8 Å². The van der Waals surface area contributed by atoms with Crippen LogP contribution in [0.3, 0.4) is 0 Å². The molecule has 0 aliphatic heterocycles. The summed E-state index contributed by atoms with van der Waals surface area (Å²) in [7, 11) is 3.98. The number of hydrogen-bond acceptors (Lipinski definition) is 7. The minimum Gasteiger partial charge on any atom is -0.445 e. The van der Waals surface area contributed by atoms with Crippen LogP contribution in [0.25, 0.3) is 0 Å². The van der Waals surface area contributed by atoms with Crippen LogP contribution in [0, 0.1) is 0 Å². The zero-order valence-corrected chi connectivity index (χ0v) is 18.1. The summed E-state index contributed by atoms with van der Waals surface area (Å²) in [6.45, 7) is 4.09. The number of amides is 1. The van der Waals surface area contributed by atoms with Crippen molar-refractivity contribution < 1.29 is 9.21 Å². The summed E-state index contributed by atoms with van der Waals surface area (Å²) < 4.78 is 6.72. The zero-order chi connectivity index (χ0) is 20.1. The second kappa shape index (κ2) is 9.25. The molecule has 3 aromatic rings. The van der Waals surface area contributed by atoms with E-state index < -0.39 is 0 Å². The Morgan fingerprint density at radius 2 is 2.00 bits per heavy atom. The van der Waals surface area contributed by atoms with E-state index in [9.17, 15) is 4.79 Å². The van der Waals surface area contributed by atoms with Crippen LogP contribution in [0.2, 0.25) is 0 Å². The lowest BCUT2D eigenvalue weighted by Gasteiger charge is -2.12. The molecule has 1 N–H and O–H groups in total. The van der Waals surface area contributed by atoms with Crippen LogP contribution in [-0.2, 0) is 17.6 Å². The lowest BCUT2D eigenvalue weighted by atomic mass is 10.1. The molecular weight excluding hydrogens is 392 g/mol. The molecule has 1 unspecified atom stereocenters. The predicted octanol–water partition coefficient (Wildman–Crippen LogP) is 4.79. The number of anilines is 2. The number of carbonyl (C=O) groups excluding carboxylic acids is 1. The number of hydrogen-bond donors (Lipinski definition) is 1. The summed E-state index contributed by atoms with van der Waals surface area (Å²) in [5.74, 6) is 1.53. The Morgan fingerprint density at radius 1 is 1.25 bits per heavy atom. The van der Waals surface area contributed by atoms with Crippen molar-refractivity contribution in [3.8, 4) is 0 Å². The van der Waals surface area contributed by atoms with Crippen molar-refractivity contribution in [1.82, 2.24) is 9.97 Å². The Labute approximate surface area is 173 Å². The minimum atomic E-state index is -0.0724. The number of rotatable bonds is 8. The summed E-state index contributed by atoms with van der Waals surface area (Å²) in [5.41, 5.74) is 2.08. The molecule has 148 valence electrons. The first-order chi connectivity index (χ1) is 13.4. The van der Waals surface area contributed by atoms with E-state index in [1.165, 1.54) is 11.3 Å². The highest BCUT2D eigenvalue weighted by Crippen LogP contribution is 2.38. The van der Waals surface area contributed by atoms with Gasteiger partial charge in [-0.1, -0.05) is 30.4 Å². The van der Waals surface area contributed by atoms with Crippen molar-refractivity contribution in [3.05, 3.63) is 53.9 Å². The summed E-state index contributed by atoms with van der Waals surface area (Å²) in [4.78, 5) is 23.0. The molecule has 28 heavy (non-hydrogen) atoms. The topological polar surface area (TPSA) is 71.3 Å². The fraction of sp³-hybridized carbons (Fsp3) is 0.350. The van der Waals surface area contributed by atoms with E-state index >= 15 is 0 Å². The van der Waals surface area contributed by atoms with Gasteiger partial charge in [0.15, 0.2) is 5.13 Å². The van der Waals surface area contributed by atoms with E-state index in [0.717, 1.165) is 27.6 Å². The molecule has 1 aromatic carbocycles. The molecule has 1 amide bonds. The number of nitrogens with zero attached hydrogens (tertiary/aromatic N) is 3. The lowest BCUT2D eigenvalue weighted by molar-refractivity contribution is -0.115. The molecule has 0 aliphatic rings. The van der Waals surface area contributed by atoms with Crippen LogP contribution >= 0.6 is 23.1 Å². The molecule has 6 nitrogen and oxygen atoms in total. The molecular formula is C20H24N4O2S2. The number of nitrogens with one attached hydrogen (secondary N) is 1. The largest absolute Gasteiger partial charge is 0.445 e. The maximum absolute atomic E-state index is 12.3. The molecule has 0 radical (unpaired) electrons. The molecule has 0 fully saturated rings. The van der Waals surface area contributed by atoms with Crippen LogP contribution in [0.4, 0.5) is 10.8 Å². The van der Waals surface area contributed by atoms with Crippen LogP contribution in [0.5, 0.6) is 0 Å². The monoisotopic (exact) mass is 416 g/mol. The second-order valence-electron chi connectivity index (χ2n) is 6.55. The first-order valence-electron chi connectivity index (χ1n) is 9.07. The molecule has 1 atom stereocenters. The Morgan fingerprint density at radius 3 is 2.64 bits per heavy atom. The minimum absolute atomic E-state index is 0.0724. The molecule has 0 saturated heterocycles. The maximum Gasteiger partial charge on any atom is 0.230 e. The van der Waals surface area contributed by atoms with Gasteiger partial charge in [0.05, 0.1) is 28.3 Å². The smallest absolute Gasteiger partial charge is 0.230 e. The van der Waals surface area contributed by atoms with Gasteiger partial charge in [-0.2, -0.15) is 0 Å². The number of thioether (sulfide) groups is 1. The van der Waals surface area contributed by atoms with Gasteiger partial charge in [0, 0.05) is 26.2 Å². The first kappa shape index (κ1) is 20.4. The van der Waals surface area contributed by atoms with Gasteiger partial charge in [-0.3, -0.25) is 4.79 Å². The molecule has 2 heterocycles. The zero-order valence-electron chi connectivity index (χ0n) is 16.4. The van der Waals surface area contributed by atoms with Crippen LogP contribution < -0.4 is 10.2 Å². The summed E-state index contributed by atoms with van der Waals surface area (Å²) in [6, 6.07) is 7.96. The highest BCUT2D eigenvalue weighted by Gasteiger charge is 2.16. The van der Waals surface area contributed by atoms with Crippen LogP contribution in [0.15, 0.2) is 45.3 Å². The summed E-state index contributed by atoms with van der Waals surface area (Å²) in [5, 5.41) is 3.57. The number of oxazole rings is 1. The Kier molecular flexibility index (Phi) is 6.74. The molecule has 0 bridgehead atoms. The lowest BCUT2D eigenvalue weighted by Crippen LogP contribution is -2.14. The molecule has 0 spiro atoms. The van der Waals surface area contributed by atoms with Gasteiger partial charge in [-0.25, -0.2) is 9.97 Å². The van der Waals surface area contributed by atoms with Crippen molar-refractivity contribution in [2.75, 3.05) is 24.3 Å². The van der Waals surface area contributed by atoms with E-state index in [-0.39, 0.29) is 11.2 Å². The van der Waals surface area contributed by atoms with Gasteiger partial charge < -0.3 is 14.6 Å². The standard InChI is InChI=1S/C20H24N4O2S2/c1-5-16-11-21-19(26-16)13(2)27-18-12-22-20(28-18)23-17(25)10-14-6-8-15(9-7-14)24(3)4/h6-9,11-13H,5,10H2,1-4H3,(H,22,23,25). The third-order valence-electron chi connectivity index (χ3n) is 4.11. The van der Waals surface area contributed by atoms with E-state index in [0.29, 0.717) is 17.4 Å². The van der Waals surface area contributed by atoms with Crippen molar-refractivity contribution >= 4 is 39.8 Å². The van der Waals surface area contributed by atoms with Crippen molar-refractivity contribution in [2.24, 2.45) is 0 Å². The quantitative estimate of drug-likeness (QED) is 0.532. The van der Waals surface area contributed by atoms with Crippen LogP contribution in [0.1, 0.15) is 36.3 Å². The van der Waals surface area contributed by atoms with Crippen molar-refractivity contribution in [3.63, 3.8) is 0 Å². The normalized spacial score (nSPS) is 12.0. The number of aromatic nitrogens is 2. The van der Waals surface area contributed by atoms with Gasteiger partial charge in [-0.05, 0) is 24.6 Å². The van der Waals surface area contributed by atoms with Crippen LogP contribution in [-0.4, -0.2) is 30.0 Å². The predicted molar refractivity (Wildman–Crippen MR) is 115 cm³/mol. The second-order valence-corrected chi connectivity index (χ2v) is 9.22. The Hall–Kier alpha value is -2.32. The first-order valence-corrected chi connectivity index (χ1v) is 10.8. The van der Waals surface area contributed by atoms with Gasteiger partial charge in [0.1, 0.15) is 5.76 Å². The van der Waals surface area contributed by atoms with E-state index in [2.05, 4.69) is 15.3 Å². The van der Waals surface area contributed by atoms with Gasteiger partial charge in [0.2, 0.25) is 11.8 Å². The highest BCUT2D eigenvalue weighted by molar-refractivity contribution is 8.01. The SMILES string of the molecule is CCc1cnc(C(C)Sc2cnc(NC(=O)Cc3ccc(N(C)C)cc3)s2)o1. The van der Waals surface area contributed by atoms with Crippen molar-refractivity contribution in [1.29, 1.82) is 0 Å². The van der Waals surface area contributed by atoms with E-state index in [4.69, 9.17) is 4.42 Å². The Bertz CT molecular complexity index is 918. The molecule has 0 aliphatic carbocycles. The fourth-order valence-electron chi connectivity index (χ4n) is 2.53. The molecule has 0 saturated carbocycles. The molecule has 2 aromatic heterocycles. The number of benzene rings is 1. The van der Waals surface area contributed by atoms with Gasteiger partial charge >= 0.3 is 0 Å². The van der Waals surface area contributed by atoms with E-state index in [1.807, 2.05) is 57.1 Å². The fourth-order valence-corrected chi connectivity index (χ4v) is 4.63. The third kappa shape index (κ3) is 5.36. The highest BCUT2D eigenvalue weighted by atomic mass is 32.2. The average Bonchev–Trinajstić information content (AvgIpc) is 3.31. The van der Waals surface area contributed by atoms with E-state index in [1.54, 1.807) is 24.2 Å². The number of aryl methyl sites for hydroxylation is 1. The third-order valence-corrected chi connectivity index (χ3v) is 6.25. The number of carbonyl (C=O) groups is 1. The summed E-state index contributed by atoms with van der Waals surface area (Å²) in [6.07, 6.45) is 4.70. The number of thiazole rings is 1. The summed E-state index contributed by atoms with van der Waals surface area (Å²) >= 11 is 3.08. The average molecular weight is 417 g/mol. The maximum atomic E-state index is 12.3. The van der Waals surface area contributed by atoms with Crippen molar-refractivity contribution in [2.45, 2.75) is 36.1 Å². The van der Waals surface area contributed by atoms with Gasteiger partial charge in [0.25, 0.3) is 0 Å². The molecule has 8 heteroatoms. The molecule has 3 rings (SSSR count).